The minimum absolute atomic E-state index is 0.0232. The van der Waals surface area contributed by atoms with Crippen molar-refractivity contribution in [2.24, 2.45) is 5.41 Å². The summed E-state index contributed by atoms with van der Waals surface area (Å²) in [7, 11) is 0. The fraction of sp³-hybridized carbons (Fsp3) is 0.417. The maximum absolute atomic E-state index is 13.3. The van der Waals surface area contributed by atoms with Crippen molar-refractivity contribution >= 4 is 11.7 Å². The number of carbonyl (C=O) groups excluding carboxylic acids is 2. The van der Waals surface area contributed by atoms with Crippen LogP contribution in [0.3, 0.4) is 0 Å². The average molecular weight is 412 g/mol. The number of ketones is 1. The summed E-state index contributed by atoms with van der Waals surface area (Å²) in [5, 5.41) is 3.02. The molecule has 1 spiro atoms. The van der Waals surface area contributed by atoms with E-state index in [1.165, 1.54) is 36.4 Å². The van der Waals surface area contributed by atoms with Crippen molar-refractivity contribution in [3.63, 3.8) is 0 Å². The Morgan fingerprint density at radius 2 is 1.60 bits per heavy atom. The highest BCUT2D eigenvalue weighted by Crippen LogP contribution is 2.47. The Hall–Kier alpha value is -2.60. The van der Waals surface area contributed by atoms with Crippen LogP contribution in [0.25, 0.3) is 0 Å². The second-order valence-electron chi connectivity index (χ2n) is 8.35. The summed E-state index contributed by atoms with van der Waals surface area (Å²) < 4.78 is 26.3. The minimum atomic E-state index is -0.432. The third-order valence-electron chi connectivity index (χ3n) is 6.65. The van der Waals surface area contributed by atoms with E-state index < -0.39 is 5.41 Å². The summed E-state index contributed by atoms with van der Waals surface area (Å²) in [6.07, 6.45) is 2.67. The Morgan fingerprint density at radius 3 is 2.23 bits per heavy atom. The number of nitrogens with one attached hydrogen (secondary N) is 1. The smallest absolute Gasteiger partial charge is 0.227 e. The van der Waals surface area contributed by atoms with Crippen LogP contribution < -0.4 is 5.32 Å². The molecule has 2 saturated heterocycles. The summed E-state index contributed by atoms with van der Waals surface area (Å²) in [5.41, 5.74) is 1.12. The standard InChI is InChI=1S/C24H26F2N2O2/c25-19-7-3-17(4-8-19)21-16-27-23(30)24(21)11-14-28(15-12-24)13-1-2-22(29)18-5-9-20(26)10-6-18/h3-10,21H,1-2,11-16H2,(H,27,30)/t21-/m1/s1. The van der Waals surface area contributed by atoms with E-state index >= 15 is 0 Å². The third kappa shape index (κ3) is 4.15. The molecule has 0 unspecified atom stereocenters. The first-order chi connectivity index (χ1) is 14.5. The van der Waals surface area contributed by atoms with E-state index in [-0.39, 0.29) is 29.2 Å². The Balaban J connectivity index is 1.31. The van der Waals surface area contributed by atoms with Gasteiger partial charge in [-0.1, -0.05) is 12.1 Å². The first-order valence-corrected chi connectivity index (χ1v) is 10.5. The maximum atomic E-state index is 13.3. The van der Waals surface area contributed by atoms with Crippen molar-refractivity contribution in [2.75, 3.05) is 26.2 Å². The van der Waals surface area contributed by atoms with E-state index in [9.17, 15) is 18.4 Å². The largest absolute Gasteiger partial charge is 0.355 e. The van der Waals surface area contributed by atoms with Crippen LogP contribution in [0.4, 0.5) is 8.78 Å². The zero-order chi connectivity index (χ0) is 21.1. The number of hydrogen-bond donors (Lipinski definition) is 1. The van der Waals surface area contributed by atoms with Crippen molar-refractivity contribution in [3.8, 4) is 0 Å². The average Bonchev–Trinajstić information content (AvgIpc) is 3.06. The predicted molar refractivity (Wildman–Crippen MR) is 110 cm³/mol. The van der Waals surface area contributed by atoms with Gasteiger partial charge < -0.3 is 10.2 Å². The second-order valence-corrected chi connectivity index (χ2v) is 8.35. The number of likely N-dealkylation sites (tertiary alicyclic amines) is 1. The molecule has 1 atom stereocenters. The predicted octanol–water partition coefficient (Wildman–Crippen LogP) is 3.92. The first kappa shape index (κ1) is 20.7. The SMILES string of the molecule is O=C(CCCN1CCC2(CC1)C(=O)NC[C@@H]2c1ccc(F)cc1)c1ccc(F)cc1. The Kier molecular flexibility index (Phi) is 5.95. The molecule has 30 heavy (non-hydrogen) atoms. The summed E-state index contributed by atoms with van der Waals surface area (Å²) >= 11 is 0. The number of carbonyl (C=O) groups is 2. The lowest BCUT2D eigenvalue weighted by Gasteiger charge is -2.41. The van der Waals surface area contributed by atoms with E-state index in [0.29, 0.717) is 18.5 Å². The fourth-order valence-electron chi connectivity index (χ4n) is 4.85. The van der Waals surface area contributed by atoms with Gasteiger partial charge in [-0.15, -0.1) is 0 Å². The zero-order valence-corrected chi connectivity index (χ0v) is 16.9. The van der Waals surface area contributed by atoms with Crippen molar-refractivity contribution < 1.29 is 18.4 Å². The molecule has 4 rings (SSSR count). The van der Waals surface area contributed by atoms with E-state index in [0.717, 1.165) is 44.5 Å². The lowest BCUT2D eigenvalue weighted by atomic mass is 9.68. The number of hydrogen-bond acceptors (Lipinski definition) is 3. The lowest BCUT2D eigenvalue weighted by molar-refractivity contribution is -0.130. The molecule has 2 aliphatic rings. The Morgan fingerprint density at radius 1 is 1.00 bits per heavy atom. The number of amides is 1. The van der Waals surface area contributed by atoms with Crippen LogP contribution in [0.2, 0.25) is 0 Å². The van der Waals surface area contributed by atoms with Crippen molar-refractivity contribution in [1.29, 1.82) is 0 Å². The molecular weight excluding hydrogens is 386 g/mol. The van der Waals surface area contributed by atoms with E-state index in [2.05, 4.69) is 10.2 Å². The molecule has 4 nitrogen and oxygen atoms in total. The summed E-state index contributed by atoms with van der Waals surface area (Å²) in [6, 6.07) is 12.2. The molecule has 2 heterocycles. The quantitative estimate of drug-likeness (QED) is 0.732. The van der Waals surface area contributed by atoms with Gasteiger partial charge in [0.15, 0.2) is 5.78 Å². The van der Waals surface area contributed by atoms with Gasteiger partial charge in [0.2, 0.25) is 5.91 Å². The monoisotopic (exact) mass is 412 g/mol. The molecule has 0 aromatic heterocycles. The van der Waals surface area contributed by atoms with Gasteiger partial charge >= 0.3 is 0 Å². The van der Waals surface area contributed by atoms with Crippen LogP contribution in [-0.4, -0.2) is 42.8 Å². The minimum Gasteiger partial charge on any atom is -0.355 e. The normalized spacial score (nSPS) is 21.0. The van der Waals surface area contributed by atoms with Gasteiger partial charge in [0.25, 0.3) is 0 Å². The molecule has 1 amide bonds. The topological polar surface area (TPSA) is 49.4 Å². The van der Waals surface area contributed by atoms with Gasteiger partial charge in [-0.25, -0.2) is 8.78 Å². The highest BCUT2D eigenvalue weighted by Gasteiger charge is 2.51. The number of nitrogens with zero attached hydrogens (tertiary/aromatic N) is 1. The molecule has 6 heteroatoms. The van der Waals surface area contributed by atoms with Crippen molar-refractivity contribution in [1.82, 2.24) is 10.2 Å². The maximum Gasteiger partial charge on any atom is 0.227 e. The van der Waals surface area contributed by atoms with Crippen LogP contribution in [-0.2, 0) is 4.79 Å². The molecule has 2 fully saturated rings. The van der Waals surface area contributed by atoms with Crippen LogP contribution in [0.1, 0.15) is 47.5 Å². The van der Waals surface area contributed by atoms with Crippen LogP contribution in [0.15, 0.2) is 48.5 Å². The molecular formula is C24H26F2N2O2. The Labute approximate surface area is 175 Å². The number of piperidine rings is 1. The molecule has 0 saturated carbocycles. The number of benzene rings is 2. The summed E-state index contributed by atoms with van der Waals surface area (Å²) in [6.45, 7) is 2.99. The highest BCUT2D eigenvalue weighted by atomic mass is 19.1. The molecule has 1 N–H and O–H groups in total. The van der Waals surface area contributed by atoms with E-state index in [1.807, 2.05) is 0 Å². The lowest BCUT2D eigenvalue weighted by Crippen LogP contribution is -2.46. The van der Waals surface area contributed by atoms with Gasteiger partial charge in [0, 0.05) is 24.4 Å². The summed E-state index contributed by atoms with van der Waals surface area (Å²) in [4.78, 5) is 27.3. The summed E-state index contributed by atoms with van der Waals surface area (Å²) in [5.74, 6) is -0.426. The molecule has 2 aromatic rings. The molecule has 2 aromatic carbocycles. The van der Waals surface area contributed by atoms with E-state index in [1.54, 1.807) is 12.1 Å². The number of halogens is 2. The second kappa shape index (κ2) is 8.64. The molecule has 2 aliphatic heterocycles. The van der Waals surface area contributed by atoms with Crippen molar-refractivity contribution in [3.05, 3.63) is 71.3 Å². The van der Waals surface area contributed by atoms with Crippen LogP contribution >= 0.6 is 0 Å². The highest BCUT2D eigenvalue weighted by molar-refractivity contribution is 5.95. The van der Waals surface area contributed by atoms with Gasteiger partial charge in [0.1, 0.15) is 11.6 Å². The third-order valence-corrected chi connectivity index (χ3v) is 6.65. The van der Waals surface area contributed by atoms with Gasteiger partial charge in [0.05, 0.1) is 5.41 Å². The molecule has 158 valence electrons. The molecule has 0 bridgehead atoms. The van der Waals surface area contributed by atoms with Crippen LogP contribution in [0, 0.1) is 17.0 Å². The van der Waals surface area contributed by atoms with E-state index in [4.69, 9.17) is 0 Å². The first-order valence-electron chi connectivity index (χ1n) is 10.5. The van der Waals surface area contributed by atoms with Crippen molar-refractivity contribution in [2.45, 2.75) is 31.6 Å². The Bertz CT molecular complexity index is 904. The molecule has 0 aliphatic carbocycles. The number of Topliss-reactive ketones (excluding diaryl/α,β-unsaturated/α-hetero) is 1. The molecule has 0 radical (unpaired) electrons. The fourth-order valence-corrected chi connectivity index (χ4v) is 4.85. The van der Waals surface area contributed by atoms with Crippen LogP contribution in [0.5, 0.6) is 0 Å². The van der Waals surface area contributed by atoms with Gasteiger partial charge in [-0.2, -0.15) is 0 Å². The number of rotatable bonds is 6. The van der Waals surface area contributed by atoms with Gasteiger partial charge in [-0.3, -0.25) is 9.59 Å². The van der Waals surface area contributed by atoms with Gasteiger partial charge in [-0.05, 0) is 80.9 Å². The zero-order valence-electron chi connectivity index (χ0n) is 16.9.